The lowest BCUT2D eigenvalue weighted by Gasteiger charge is -2.12. The number of carbonyl (C=O) groups is 1. The number of hydrogen-bond donors (Lipinski definition) is 1. The van der Waals surface area contributed by atoms with Crippen molar-refractivity contribution in [2.45, 2.75) is 25.9 Å². The highest BCUT2D eigenvalue weighted by molar-refractivity contribution is 7.90. The lowest BCUT2D eigenvalue weighted by molar-refractivity contribution is -0.106. The number of nitrogens with zero attached hydrogens (tertiary/aromatic N) is 1. The first kappa shape index (κ1) is 16.4. The van der Waals surface area contributed by atoms with Gasteiger partial charge in [-0.2, -0.15) is 13.2 Å². The molecule has 9 heteroatoms. The molecule has 1 aromatic rings. The number of sulfonamides is 1. The van der Waals surface area contributed by atoms with Crippen LogP contribution >= 0.6 is 0 Å². The summed E-state index contributed by atoms with van der Waals surface area (Å²) in [4.78, 5) is 15.5. The van der Waals surface area contributed by atoms with Gasteiger partial charge in [0.05, 0.1) is 0 Å². The Bertz CT molecular complexity index is 597. The second-order valence-electron chi connectivity index (χ2n) is 4.40. The monoisotopic (exact) mass is 310 g/mol. The van der Waals surface area contributed by atoms with Crippen molar-refractivity contribution >= 4 is 15.9 Å². The summed E-state index contributed by atoms with van der Waals surface area (Å²) in [5, 5.41) is 0. The zero-order valence-corrected chi connectivity index (χ0v) is 11.5. The molecule has 20 heavy (non-hydrogen) atoms. The number of hydrogen-bond acceptors (Lipinski definition) is 4. The Hall–Kier alpha value is -1.64. The van der Waals surface area contributed by atoms with Crippen LogP contribution in [0.2, 0.25) is 0 Å². The Labute approximate surface area is 114 Å². The van der Waals surface area contributed by atoms with Crippen LogP contribution in [-0.4, -0.2) is 31.2 Å². The van der Waals surface area contributed by atoms with E-state index in [9.17, 15) is 26.4 Å². The van der Waals surface area contributed by atoms with Crippen molar-refractivity contribution in [3.05, 3.63) is 29.6 Å². The van der Waals surface area contributed by atoms with Gasteiger partial charge in [-0.1, -0.05) is 19.9 Å². The smallest absolute Gasteiger partial charge is 0.266 e. The summed E-state index contributed by atoms with van der Waals surface area (Å²) in [6.07, 6.45) is -3.66. The van der Waals surface area contributed by atoms with Gasteiger partial charge in [-0.15, -0.1) is 0 Å². The SMILES string of the molecule is CC(C)c1cccnc1C(=O)NS(=O)(=O)CC(F)(F)F. The van der Waals surface area contributed by atoms with Crippen LogP contribution in [0.1, 0.15) is 35.8 Å². The van der Waals surface area contributed by atoms with Gasteiger partial charge in [0.2, 0.25) is 10.0 Å². The second kappa shape index (κ2) is 5.78. The fraction of sp³-hybridized carbons (Fsp3) is 0.455. The average molecular weight is 310 g/mol. The number of pyridine rings is 1. The average Bonchev–Trinajstić information content (AvgIpc) is 2.24. The molecule has 112 valence electrons. The number of halogens is 3. The maximum Gasteiger partial charge on any atom is 0.404 e. The Morgan fingerprint density at radius 1 is 1.40 bits per heavy atom. The summed E-state index contributed by atoms with van der Waals surface area (Å²) in [6, 6.07) is 3.11. The topological polar surface area (TPSA) is 76.1 Å². The van der Waals surface area contributed by atoms with E-state index in [0.29, 0.717) is 5.56 Å². The quantitative estimate of drug-likeness (QED) is 0.920. The fourth-order valence-corrected chi connectivity index (χ4v) is 2.40. The van der Waals surface area contributed by atoms with Gasteiger partial charge in [0.25, 0.3) is 5.91 Å². The van der Waals surface area contributed by atoms with E-state index in [0.717, 1.165) is 0 Å². The molecule has 0 saturated heterocycles. The number of carbonyl (C=O) groups excluding carboxylic acids is 1. The summed E-state index contributed by atoms with van der Waals surface area (Å²) in [5.41, 5.74) is 0.250. The van der Waals surface area contributed by atoms with E-state index in [1.165, 1.54) is 10.9 Å². The van der Waals surface area contributed by atoms with Crippen molar-refractivity contribution in [1.29, 1.82) is 0 Å². The maximum absolute atomic E-state index is 12.1. The molecule has 0 bridgehead atoms. The van der Waals surface area contributed by atoms with Crippen molar-refractivity contribution in [2.24, 2.45) is 0 Å². The van der Waals surface area contributed by atoms with Crippen LogP contribution in [0.15, 0.2) is 18.3 Å². The van der Waals surface area contributed by atoms with Crippen molar-refractivity contribution in [3.63, 3.8) is 0 Å². The largest absolute Gasteiger partial charge is 0.404 e. The standard InChI is InChI=1S/C11H13F3N2O3S/c1-7(2)8-4-3-5-15-9(8)10(17)16-20(18,19)6-11(12,13)14/h3-5,7H,6H2,1-2H3,(H,16,17). The van der Waals surface area contributed by atoms with Crippen molar-refractivity contribution in [2.75, 3.05) is 5.75 Å². The first-order valence-corrected chi connectivity index (χ1v) is 7.23. The van der Waals surface area contributed by atoms with Crippen LogP contribution < -0.4 is 4.72 Å². The highest BCUT2D eigenvalue weighted by Gasteiger charge is 2.36. The molecule has 1 amide bonds. The maximum atomic E-state index is 12.1. The van der Waals surface area contributed by atoms with E-state index in [2.05, 4.69) is 4.98 Å². The molecule has 0 saturated carbocycles. The number of amides is 1. The van der Waals surface area contributed by atoms with E-state index in [1.807, 2.05) is 0 Å². The predicted octanol–water partition coefficient (Wildman–Crippen LogP) is 1.83. The molecule has 0 atom stereocenters. The van der Waals surface area contributed by atoms with Gasteiger partial charge in [0.15, 0.2) is 5.75 Å². The summed E-state index contributed by atoms with van der Waals surface area (Å²) in [5.74, 6) is -3.41. The van der Waals surface area contributed by atoms with Gasteiger partial charge in [0.1, 0.15) is 5.69 Å². The Kier molecular flexibility index (Phi) is 4.74. The zero-order chi connectivity index (χ0) is 15.6. The minimum atomic E-state index is -4.92. The second-order valence-corrected chi connectivity index (χ2v) is 6.12. The summed E-state index contributed by atoms with van der Waals surface area (Å²) in [7, 11) is -4.79. The van der Waals surface area contributed by atoms with Crippen LogP contribution in [0.5, 0.6) is 0 Å². The minimum absolute atomic E-state index is 0.130. The number of rotatable bonds is 4. The summed E-state index contributed by atoms with van der Waals surface area (Å²) < 4.78 is 60.0. The normalized spacial score (nSPS) is 12.5. The molecule has 1 rings (SSSR count). The van der Waals surface area contributed by atoms with Crippen LogP contribution in [0.25, 0.3) is 0 Å². The first-order valence-electron chi connectivity index (χ1n) is 5.58. The highest BCUT2D eigenvalue weighted by Crippen LogP contribution is 2.19. The predicted molar refractivity (Wildman–Crippen MR) is 65.6 cm³/mol. The van der Waals surface area contributed by atoms with Gasteiger partial charge < -0.3 is 0 Å². The number of alkyl halides is 3. The summed E-state index contributed by atoms with van der Waals surface area (Å²) in [6.45, 7) is 3.50. The zero-order valence-electron chi connectivity index (χ0n) is 10.7. The molecule has 0 spiro atoms. The van der Waals surface area contributed by atoms with Gasteiger partial charge in [-0.25, -0.2) is 13.1 Å². The molecule has 0 aromatic carbocycles. The lowest BCUT2D eigenvalue weighted by Crippen LogP contribution is -2.38. The van der Waals surface area contributed by atoms with E-state index in [-0.39, 0.29) is 11.6 Å². The molecule has 0 radical (unpaired) electrons. The molecule has 1 heterocycles. The third kappa shape index (κ3) is 4.80. The Morgan fingerprint density at radius 2 is 2.00 bits per heavy atom. The highest BCUT2D eigenvalue weighted by atomic mass is 32.2. The first-order chi connectivity index (χ1) is 9.02. The van der Waals surface area contributed by atoms with Crippen LogP contribution in [0, 0.1) is 0 Å². The van der Waals surface area contributed by atoms with E-state index < -0.39 is 27.9 Å². The molecule has 0 aliphatic heterocycles. The molecule has 0 aliphatic carbocycles. The minimum Gasteiger partial charge on any atom is -0.266 e. The fourth-order valence-electron chi connectivity index (χ4n) is 1.51. The van der Waals surface area contributed by atoms with Gasteiger partial charge in [-0.3, -0.25) is 9.78 Å². The molecule has 0 unspecified atom stereocenters. The van der Waals surface area contributed by atoms with Crippen molar-refractivity contribution < 1.29 is 26.4 Å². The molecule has 1 N–H and O–H groups in total. The van der Waals surface area contributed by atoms with Gasteiger partial charge >= 0.3 is 6.18 Å². The van der Waals surface area contributed by atoms with Gasteiger partial charge in [0, 0.05) is 6.20 Å². The van der Waals surface area contributed by atoms with Crippen LogP contribution in [-0.2, 0) is 10.0 Å². The van der Waals surface area contributed by atoms with Crippen LogP contribution in [0.3, 0.4) is 0 Å². The Balaban J connectivity index is 2.98. The summed E-state index contributed by atoms with van der Waals surface area (Å²) >= 11 is 0. The number of nitrogens with one attached hydrogen (secondary N) is 1. The van der Waals surface area contributed by atoms with Crippen molar-refractivity contribution in [3.8, 4) is 0 Å². The van der Waals surface area contributed by atoms with Crippen molar-refractivity contribution in [1.82, 2.24) is 9.71 Å². The molecule has 0 aliphatic rings. The van der Waals surface area contributed by atoms with Crippen LogP contribution in [0.4, 0.5) is 13.2 Å². The van der Waals surface area contributed by atoms with E-state index in [1.54, 1.807) is 26.0 Å². The molecule has 1 aromatic heterocycles. The molecular formula is C11H13F3N2O3S. The number of aromatic nitrogens is 1. The van der Waals surface area contributed by atoms with Gasteiger partial charge in [-0.05, 0) is 17.5 Å². The third-order valence-corrected chi connectivity index (χ3v) is 3.48. The molecule has 5 nitrogen and oxygen atoms in total. The van der Waals surface area contributed by atoms with E-state index in [4.69, 9.17) is 0 Å². The third-order valence-electron chi connectivity index (χ3n) is 2.28. The molecule has 0 fully saturated rings. The van der Waals surface area contributed by atoms with E-state index >= 15 is 0 Å². The lowest BCUT2D eigenvalue weighted by atomic mass is 10.0. The molecular weight excluding hydrogens is 297 g/mol. The Morgan fingerprint density at radius 3 is 2.50 bits per heavy atom.